The second-order valence-electron chi connectivity index (χ2n) is 4.82. The van der Waals surface area contributed by atoms with Crippen LogP contribution in [-0.2, 0) is 0 Å². The molecular weight excluding hydrogens is 336 g/mol. The molecule has 0 saturated heterocycles. The number of rotatable bonds is 3. The molecule has 0 unspecified atom stereocenters. The average molecular weight is 346 g/mol. The van der Waals surface area contributed by atoms with Crippen LogP contribution in [0.3, 0.4) is 0 Å². The second-order valence-corrected chi connectivity index (χ2v) is 5.18. The quantitative estimate of drug-likeness (QED) is 0.768. The van der Waals surface area contributed by atoms with Gasteiger partial charge in [0.1, 0.15) is 0 Å². The predicted molar refractivity (Wildman–Crippen MR) is 86.8 cm³/mol. The maximum absolute atomic E-state index is 13.5. The zero-order chi connectivity index (χ0) is 17.1. The van der Waals surface area contributed by atoms with E-state index >= 15 is 0 Å². The van der Waals surface area contributed by atoms with Crippen molar-refractivity contribution in [3.05, 3.63) is 77.3 Å². The lowest BCUT2D eigenvalue weighted by Crippen LogP contribution is -2.15. The zero-order valence-corrected chi connectivity index (χ0v) is 12.9. The summed E-state index contributed by atoms with van der Waals surface area (Å²) in [7, 11) is 0. The van der Waals surface area contributed by atoms with Crippen molar-refractivity contribution in [1.82, 2.24) is 9.97 Å². The van der Waals surface area contributed by atoms with E-state index in [9.17, 15) is 13.6 Å². The lowest BCUT2D eigenvalue weighted by Gasteiger charge is -2.11. The summed E-state index contributed by atoms with van der Waals surface area (Å²) in [5.74, 6) is -2.46. The third-order valence-electron chi connectivity index (χ3n) is 3.27. The molecule has 0 fully saturated rings. The van der Waals surface area contributed by atoms with E-state index in [1.165, 1.54) is 18.5 Å². The number of hydrogen-bond donors (Lipinski definition) is 1. The highest BCUT2D eigenvalue weighted by Gasteiger charge is 2.15. The summed E-state index contributed by atoms with van der Waals surface area (Å²) in [6, 6.07) is 10.3. The van der Waals surface area contributed by atoms with E-state index in [4.69, 9.17) is 11.6 Å². The third kappa shape index (κ3) is 3.23. The summed E-state index contributed by atoms with van der Waals surface area (Å²) in [5, 5.41) is 2.63. The number of para-hydroxylation sites is 1. The summed E-state index contributed by atoms with van der Waals surface area (Å²) >= 11 is 5.85. The first-order valence-corrected chi connectivity index (χ1v) is 7.26. The normalized spacial score (nSPS) is 10.5. The Morgan fingerprint density at radius 1 is 1.00 bits per heavy atom. The summed E-state index contributed by atoms with van der Waals surface area (Å²) < 4.78 is 26.6. The number of aromatic nitrogens is 2. The lowest BCUT2D eigenvalue weighted by molar-refractivity contribution is 0.102. The fourth-order valence-corrected chi connectivity index (χ4v) is 2.35. The van der Waals surface area contributed by atoms with Crippen molar-refractivity contribution >= 4 is 23.2 Å². The molecule has 1 N–H and O–H groups in total. The average Bonchev–Trinajstić information content (AvgIpc) is 2.58. The standard InChI is InChI=1S/C17H10ClF2N3O/c18-16-15(21-7-8-22-16)17(24)23-14-4-2-1-3-11(14)10-5-6-12(19)13(20)9-10/h1-9H,(H,23,24). The molecule has 3 rings (SSSR count). The first kappa shape index (κ1) is 16.0. The van der Waals surface area contributed by atoms with Gasteiger partial charge in [-0.1, -0.05) is 35.9 Å². The zero-order valence-electron chi connectivity index (χ0n) is 12.1. The van der Waals surface area contributed by atoms with Crippen molar-refractivity contribution in [2.24, 2.45) is 0 Å². The number of carbonyl (C=O) groups is 1. The minimum Gasteiger partial charge on any atom is -0.320 e. The van der Waals surface area contributed by atoms with Crippen LogP contribution in [0.1, 0.15) is 10.5 Å². The van der Waals surface area contributed by atoms with Gasteiger partial charge in [0.05, 0.1) is 0 Å². The molecular formula is C17H10ClF2N3O. The molecule has 3 aromatic rings. The number of amides is 1. The molecule has 4 nitrogen and oxygen atoms in total. The molecule has 0 aliphatic heterocycles. The molecule has 0 saturated carbocycles. The summed E-state index contributed by atoms with van der Waals surface area (Å²) in [6.07, 6.45) is 2.72. The van der Waals surface area contributed by atoms with E-state index in [1.54, 1.807) is 24.3 Å². The van der Waals surface area contributed by atoms with Crippen molar-refractivity contribution in [3.8, 4) is 11.1 Å². The number of nitrogens with one attached hydrogen (secondary N) is 1. The Hall–Kier alpha value is -2.86. The van der Waals surface area contributed by atoms with Crippen LogP contribution in [0.5, 0.6) is 0 Å². The fraction of sp³-hybridized carbons (Fsp3) is 0. The predicted octanol–water partition coefficient (Wildman–Crippen LogP) is 4.33. The molecule has 0 atom stereocenters. The molecule has 0 radical (unpaired) electrons. The molecule has 24 heavy (non-hydrogen) atoms. The van der Waals surface area contributed by atoms with E-state index in [2.05, 4.69) is 15.3 Å². The lowest BCUT2D eigenvalue weighted by atomic mass is 10.0. The van der Waals surface area contributed by atoms with Gasteiger partial charge in [-0.15, -0.1) is 0 Å². The van der Waals surface area contributed by atoms with Gasteiger partial charge in [0.25, 0.3) is 5.91 Å². The molecule has 1 amide bonds. The molecule has 0 aliphatic carbocycles. The highest BCUT2D eigenvalue weighted by molar-refractivity contribution is 6.32. The molecule has 0 bridgehead atoms. The molecule has 0 aliphatic rings. The summed E-state index contributed by atoms with van der Waals surface area (Å²) in [5.41, 5.74) is 1.34. The largest absolute Gasteiger partial charge is 0.320 e. The van der Waals surface area contributed by atoms with Crippen LogP contribution in [0.25, 0.3) is 11.1 Å². The van der Waals surface area contributed by atoms with E-state index in [0.29, 0.717) is 16.8 Å². The van der Waals surface area contributed by atoms with Gasteiger partial charge in [0.15, 0.2) is 22.5 Å². The Morgan fingerprint density at radius 3 is 2.50 bits per heavy atom. The van der Waals surface area contributed by atoms with E-state index in [1.807, 2.05) is 0 Å². The second kappa shape index (κ2) is 6.72. The van der Waals surface area contributed by atoms with Crippen LogP contribution in [0, 0.1) is 11.6 Å². The Labute approximate surface area is 141 Å². The minimum absolute atomic E-state index is 0.0275. The molecule has 1 aromatic heterocycles. The number of halogens is 3. The van der Waals surface area contributed by atoms with E-state index < -0.39 is 17.5 Å². The van der Waals surface area contributed by atoms with Crippen molar-refractivity contribution in [2.75, 3.05) is 5.32 Å². The number of nitrogens with zero attached hydrogens (tertiary/aromatic N) is 2. The van der Waals surface area contributed by atoms with Crippen LogP contribution in [0.2, 0.25) is 5.15 Å². The van der Waals surface area contributed by atoms with Gasteiger partial charge in [-0.05, 0) is 23.8 Å². The topological polar surface area (TPSA) is 54.9 Å². The van der Waals surface area contributed by atoms with Crippen LogP contribution >= 0.6 is 11.6 Å². The van der Waals surface area contributed by atoms with Crippen molar-refractivity contribution in [2.45, 2.75) is 0 Å². The highest BCUT2D eigenvalue weighted by atomic mass is 35.5. The number of benzene rings is 2. The Morgan fingerprint density at radius 2 is 1.75 bits per heavy atom. The van der Waals surface area contributed by atoms with Crippen LogP contribution < -0.4 is 5.32 Å². The SMILES string of the molecule is O=C(Nc1ccccc1-c1ccc(F)c(F)c1)c1nccnc1Cl. The first-order chi connectivity index (χ1) is 11.6. The minimum atomic E-state index is -0.967. The van der Waals surface area contributed by atoms with Gasteiger partial charge >= 0.3 is 0 Å². The van der Waals surface area contributed by atoms with Crippen molar-refractivity contribution in [1.29, 1.82) is 0 Å². The monoisotopic (exact) mass is 345 g/mol. The number of carbonyl (C=O) groups excluding carboxylic acids is 1. The van der Waals surface area contributed by atoms with Crippen molar-refractivity contribution < 1.29 is 13.6 Å². The fourth-order valence-electron chi connectivity index (χ4n) is 2.16. The Bertz CT molecular complexity index is 918. The van der Waals surface area contributed by atoms with Gasteiger partial charge in [-0.2, -0.15) is 0 Å². The molecule has 7 heteroatoms. The van der Waals surface area contributed by atoms with Crippen molar-refractivity contribution in [3.63, 3.8) is 0 Å². The molecule has 120 valence electrons. The smallest absolute Gasteiger partial charge is 0.277 e. The van der Waals surface area contributed by atoms with Crippen LogP contribution in [0.15, 0.2) is 54.9 Å². The Balaban J connectivity index is 1.96. The summed E-state index contributed by atoms with van der Waals surface area (Å²) in [4.78, 5) is 20.0. The highest BCUT2D eigenvalue weighted by Crippen LogP contribution is 2.29. The maximum atomic E-state index is 13.5. The van der Waals surface area contributed by atoms with E-state index in [0.717, 1.165) is 12.1 Å². The molecule has 0 spiro atoms. The van der Waals surface area contributed by atoms with Crippen LogP contribution in [-0.4, -0.2) is 15.9 Å². The van der Waals surface area contributed by atoms with Crippen LogP contribution in [0.4, 0.5) is 14.5 Å². The van der Waals surface area contributed by atoms with Gasteiger partial charge in [-0.3, -0.25) is 4.79 Å². The van der Waals surface area contributed by atoms with E-state index in [-0.39, 0.29) is 10.8 Å². The van der Waals surface area contributed by atoms with Gasteiger partial charge in [0, 0.05) is 23.6 Å². The summed E-state index contributed by atoms with van der Waals surface area (Å²) in [6.45, 7) is 0. The number of hydrogen-bond acceptors (Lipinski definition) is 3. The molecule has 1 heterocycles. The van der Waals surface area contributed by atoms with Gasteiger partial charge < -0.3 is 5.32 Å². The van der Waals surface area contributed by atoms with Gasteiger partial charge in [-0.25, -0.2) is 18.7 Å². The maximum Gasteiger partial charge on any atom is 0.277 e. The Kier molecular flexibility index (Phi) is 4.48. The third-order valence-corrected chi connectivity index (χ3v) is 3.55. The first-order valence-electron chi connectivity index (χ1n) is 6.88. The van der Waals surface area contributed by atoms with Gasteiger partial charge in [0.2, 0.25) is 0 Å². The number of anilines is 1. The molecule has 2 aromatic carbocycles.